The molecule has 1 aromatic carbocycles. The molecule has 2 N–H and O–H groups in total. The average molecular weight is 289 g/mol. The van der Waals surface area contributed by atoms with Gasteiger partial charge in [0.15, 0.2) is 0 Å². The molecular formula is C15H19N3O3. The van der Waals surface area contributed by atoms with Crippen LogP contribution in [0.1, 0.15) is 10.4 Å². The quantitative estimate of drug-likeness (QED) is 0.846. The SMILES string of the molecule is COc1ccc2ncc(C(=O)O)c(NCCN(C)C)c2c1. The second kappa shape index (κ2) is 6.41. The van der Waals surface area contributed by atoms with Crippen LogP contribution in [0, 0.1) is 0 Å². The number of carboxylic acids is 1. The van der Waals surface area contributed by atoms with Gasteiger partial charge in [-0.05, 0) is 32.3 Å². The molecule has 0 unspecified atom stereocenters. The van der Waals surface area contributed by atoms with E-state index in [9.17, 15) is 9.90 Å². The molecule has 0 atom stereocenters. The van der Waals surface area contributed by atoms with E-state index in [1.807, 2.05) is 25.1 Å². The normalized spacial score (nSPS) is 10.9. The number of benzene rings is 1. The van der Waals surface area contributed by atoms with E-state index in [0.29, 0.717) is 18.0 Å². The summed E-state index contributed by atoms with van der Waals surface area (Å²) < 4.78 is 5.21. The number of fused-ring (bicyclic) bond motifs is 1. The monoisotopic (exact) mass is 289 g/mol. The molecule has 0 spiro atoms. The van der Waals surface area contributed by atoms with E-state index in [-0.39, 0.29) is 5.56 Å². The average Bonchev–Trinajstić information content (AvgIpc) is 2.46. The Morgan fingerprint density at radius 1 is 1.43 bits per heavy atom. The van der Waals surface area contributed by atoms with E-state index in [1.54, 1.807) is 19.2 Å². The lowest BCUT2D eigenvalue weighted by Gasteiger charge is -2.15. The summed E-state index contributed by atoms with van der Waals surface area (Å²) >= 11 is 0. The summed E-state index contributed by atoms with van der Waals surface area (Å²) in [4.78, 5) is 17.6. The zero-order valence-electron chi connectivity index (χ0n) is 12.4. The molecule has 6 heteroatoms. The minimum Gasteiger partial charge on any atom is -0.497 e. The minimum absolute atomic E-state index is 0.162. The topological polar surface area (TPSA) is 74.7 Å². The van der Waals surface area contributed by atoms with Crippen molar-refractivity contribution < 1.29 is 14.6 Å². The number of carbonyl (C=O) groups is 1. The van der Waals surface area contributed by atoms with Gasteiger partial charge >= 0.3 is 5.97 Å². The zero-order valence-corrected chi connectivity index (χ0v) is 12.4. The summed E-state index contributed by atoms with van der Waals surface area (Å²) in [6.07, 6.45) is 1.38. The third kappa shape index (κ3) is 3.41. The summed E-state index contributed by atoms with van der Waals surface area (Å²) in [6, 6.07) is 5.42. The van der Waals surface area contributed by atoms with Gasteiger partial charge < -0.3 is 20.1 Å². The van der Waals surface area contributed by atoms with Gasteiger partial charge in [-0.2, -0.15) is 0 Å². The molecule has 0 aliphatic carbocycles. The Morgan fingerprint density at radius 3 is 2.81 bits per heavy atom. The maximum absolute atomic E-state index is 11.4. The first kappa shape index (κ1) is 15.1. The van der Waals surface area contributed by atoms with Gasteiger partial charge in [0.25, 0.3) is 0 Å². The fourth-order valence-corrected chi connectivity index (χ4v) is 2.06. The van der Waals surface area contributed by atoms with Crippen molar-refractivity contribution in [2.45, 2.75) is 0 Å². The molecule has 21 heavy (non-hydrogen) atoms. The van der Waals surface area contributed by atoms with Gasteiger partial charge in [0, 0.05) is 24.7 Å². The number of aromatic nitrogens is 1. The van der Waals surface area contributed by atoms with Crippen LogP contribution in [0.15, 0.2) is 24.4 Å². The first-order valence-electron chi connectivity index (χ1n) is 6.61. The van der Waals surface area contributed by atoms with Crippen molar-refractivity contribution in [2.75, 3.05) is 39.6 Å². The third-order valence-electron chi connectivity index (χ3n) is 3.17. The summed E-state index contributed by atoms with van der Waals surface area (Å²) in [5.74, 6) is -0.331. The highest BCUT2D eigenvalue weighted by Crippen LogP contribution is 2.29. The molecule has 0 saturated heterocycles. The van der Waals surface area contributed by atoms with Crippen molar-refractivity contribution in [2.24, 2.45) is 0 Å². The van der Waals surface area contributed by atoms with Crippen molar-refractivity contribution in [3.05, 3.63) is 30.0 Å². The van der Waals surface area contributed by atoms with Crippen LogP contribution in [-0.4, -0.2) is 55.3 Å². The van der Waals surface area contributed by atoms with Gasteiger partial charge in [-0.25, -0.2) is 4.79 Å². The standard InChI is InChI=1S/C15H19N3O3/c1-18(2)7-6-16-14-11-8-10(21-3)4-5-13(11)17-9-12(14)15(19)20/h4-5,8-9H,6-7H2,1-3H3,(H,16,17)(H,19,20). The highest BCUT2D eigenvalue weighted by molar-refractivity contribution is 6.04. The molecule has 112 valence electrons. The van der Waals surface area contributed by atoms with Crippen LogP contribution in [0.5, 0.6) is 5.75 Å². The van der Waals surface area contributed by atoms with Gasteiger partial charge in [-0.15, -0.1) is 0 Å². The van der Waals surface area contributed by atoms with Crippen LogP contribution in [0.2, 0.25) is 0 Å². The van der Waals surface area contributed by atoms with Crippen molar-refractivity contribution in [3.8, 4) is 5.75 Å². The first-order chi connectivity index (χ1) is 10.0. The highest BCUT2D eigenvalue weighted by Gasteiger charge is 2.15. The molecule has 0 radical (unpaired) electrons. The molecule has 0 aliphatic heterocycles. The highest BCUT2D eigenvalue weighted by atomic mass is 16.5. The van der Waals surface area contributed by atoms with Crippen LogP contribution in [0.3, 0.4) is 0 Å². The Hall–Kier alpha value is -2.34. The van der Waals surface area contributed by atoms with Crippen LogP contribution < -0.4 is 10.1 Å². The van der Waals surface area contributed by atoms with Gasteiger partial charge in [-0.1, -0.05) is 0 Å². The fourth-order valence-electron chi connectivity index (χ4n) is 2.06. The van der Waals surface area contributed by atoms with Gasteiger partial charge in [0.2, 0.25) is 0 Å². The number of hydrogen-bond acceptors (Lipinski definition) is 5. The number of nitrogens with zero attached hydrogens (tertiary/aromatic N) is 2. The molecule has 1 heterocycles. The number of methoxy groups -OCH3 is 1. The summed E-state index contributed by atoms with van der Waals surface area (Å²) in [5.41, 5.74) is 1.47. The number of aromatic carboxylic acids is 1. The largest absolute Gasteiger partial charge is 0.497 e. The Balaban J connectivity index is 2.49. The van der Waals surface area contributed by atoms with Crippen molar-refractivity contribution in [3.63, 3.8) is 0 Å². The van der Waals surface area contributed by atoms with Crippen LogP contribution in [-0.2, 0) is 0 Å². The van der Waals surface area contributed by atoms with E-state index in [2.05, 4.69) is 10.3 Å². The number of rotatable bonds is 6. The van der Waals surface area contributed by atoms with E-state index >= 15 is 0 Å². The second-order valence-corrected chi connectivity index (χ2v) is 4.97. The lowest BCUT2D eigenvalue weighted by molar-refractivity contribution is 0.0697. The number of hydrogen-bond donors (Lipinski definition) is 2. The number of likely N-dealkylation sites (N-methyl/N-ethyl adjacent to an activating group) is 1. The zero-order chi connectivity index (χ0) is 15.4. The van der Waals surface area contributed by atoms with Crippen LogP contribution >= 0.6 is 0 Å². The second-order valence-electron chi connectivity index (χ2n) is 4.97. The number of pyridine rings is 1. The number of ether oxygens (including phenoxy) is 1. The molecule has 6 nitrogen and oxygen atoms in total. The maximum Gasteiger partial charge on any atom is 0.339 e. The summed E-state index contributed by atoms with van der Waals surface area (Å²) in [5, 5.41) is 13.3. The predicted molar refractivity (Wildman–Crippen MR) is 82.3 cm³/mol. The Bertz CT molecular complexity index is 656. The number of nitrogens with one attached hydrogen (secondary N) is 1. The minimum atomic E-state index is -1.00. The van der Waals surface area contributed by atoms with E-state index in [1.165, 1.54) is 6.20 Å². The predicted octanol–water partition coefficient (Wildman–Crippen LogP) is 1.92. The Labute approximate surface area is 123 Å². The number of anilines is 1. The molecule has 0 aliphatic rings. The first-order valence-corrected chi connectivity index (χ1v) is 6.61. The van der Waals surface area contributed by atoms with Gasteiger partial charge in [-0.3, -0.25) is 4.98 Å². The maximum atomic E-state index is 11.4. The van der Waals surface area contributed by atoms with E-state index in [0.717, 1.165) is 17.4 Å². The summed E-state index contributed by atoms with van der Waals surface area (Å²) in [7, 11) is 5.51. The third-order valence-corrected chi connectivity index (χ3v) is 3.17. The smallest absolute Gasteiger partial charge is 0.339 e. The molecule has 0 bridgehead atoms. The van der Waals surface area contributed by atoms with Crippen molar-refractivity contribution in [1.29, 1.82) is 0 Å². The molecule has 2 rings (SSSR count). The van der Waals surface area contributed by atoms with Crippen LogP contribution in [0.4, 0.5) is 5.69 Å². The molecular weight excluding hydrogens is 270 g/mol. The molecule has 1 aromatic heterocycles. The van der Waals surface area contributed by atoms with Crippen molar-refractivity contribution >= 4 is 22.6 Å². The molecule has 2 aromatic rings. The van der Waals surface area contributed by atoms with Gasteiger partial charge in [0.05, 0.1) is 18.3 Å². The van der Waals surface area contributed by atoms with Crippen molar-refractivity contribution in [1.82, 2.24) is 9.88 Å². The Morgan fingerprint density at radius 2 is 2.19 bits per heavy atom. The number of carboxylic acid groups (broad SMARTS) is 1. The van der Waals surface area contributed by atoms with E-state index < -0.39 is 5.97 Å². The fraction of sp³-hybridized carbons (Fsp3) is 0.333. The Kier molecular flexibility index (Phi) is 4.59. The van der Waals surface area contributed by atoms with Crippen LogP contribution in [0.25, 0.3) is 10.9 Å². The van der Waals surface area contributed by atoms with E-state index in [4.69, 9.17) is 4.74 Å². The van der Waals surface area contributed by atoms with Gasteiger partial charge in [0.1, 0.15) is 11.3 Å². The molecule has 0 fully saturated rings. The lowest BCUT2D eigenvalue weighted by Crippen LogP contribution is -2.21. The summed E-state index contributed by atoms with van der Waals surface area (Å²) in [6.45, 7) is 1.44. The molecule has 0 saturated carbocycles. The lowest BCUT2D eigenvalue weighted by atomic mass is 10.1. The molecule has 0 amide bonds.